The number of ketones is 1. The van der Waals surface area contributed by atoms with E-state index < -0.39 is 28.2 Å². The molecule has 46 heavy (non-hydrogen) atoms. The van der Waals surface area contributed by atoms with Crippen LogP contribution in [0.3, 0.4) is 0 Å². The van der Waals surface area contributed by atoms with Crippen molar-refractivity contribution in [2.45, 2.75) is 121 Å². The van der Waals surface area contributed by atoms with Crippen molar-refractivity contribution in [1.82, 2.24) is 0 Å². The minimum atomic E-state index is -2.17. The summed E-state index contributed by atoms with van der Waals surface area (Å²) in [5.41, 5.74) is 0.660. The Balaban J connectivity index is 1.96. The Kier molecular flexibility index (Phi) is 13.1. The van der Waals surface area contributed by atoms with Gasteiger partial charge in [0, 0.05) is 18.8 Å². The van der Waals surface area contributed by atoms with Gasteiger partial charge in [0.15, 0.2) is 16.6 Å². The molecule has 0 radical (unpaired) electrons. The van der Waals surface area contributed by atoms with Crippen LogP contribution in [-0.4, -0.2) is 67.7 Å². The third kappa shape index (κ3) is 10.6. The molecule has 1 aliphatic carbocycles. The molecule has 9 heteroatoms. The van der Waals surface area contributed by atoms with E-state index in [1.165, 1.54) is 28.1 Å². The summed E-state index contributed by atoms with van der Waals surface area (Å²) in [5, 5.41) is 11.3. The fourth-order valence-electron chi connectivity index (χ4n) is 5.43. The molecule has 0 spiro atoms. The highest BCUT2D eigenvalue weighted by molar-refractivity contribution is 8.01. The Labute approximate surface area is 289 Å². The summed E-state index contributed by atoms with van der Waals surface area (Å²) in [6.07, 6.45) is 6.37. The van der Waals surface area contributed by atoms with Crippen LogP contribution in [0.1, 0.15) is 66.9 Å². The van der Waals surface area contributed by atoms with Crippen molar-refractivity contribution in [2.75, 3.05) is 17.3 Å². The van der Waals surface area contributed by atoms with E-state index in [1.807, 2.05) is 0 Å². The van der Waals surface area contributed by atoms with Gasteiger partial charge in [-0.05, 0) is 77.5 Å². The summed E-state index contributed by atoms with van der Waals surface area (Å²) in [4.78, 5) is 24.5. The number of fused-ring (bicyclic) bond motifs is 1. The molecular formula is C37H58O5S2Si2. The van der Waals surface area contributed by atoms with Crippen molar-refractivity contribution < 1.29 is 23.5 Å². The van der Waals surface area contributed by atoms with Gasteiger partial charge in [-0.25, -0.2) is 0 Å². The highest BCUT2D eigenvalue weighted by Crippen LogP contribution is 2.44. The second-order valence-electron chi connectivity index (χ2n) is 16.1. The summed E-state index contributed by atoms with van der Waals surface area (Å²) in [5.74, 6) is 1.11. The third-order valence-electron chi connectivity index (χ3n) is 10.0. The number of hydrogen-bond acceptors (Lipinski definition) is 6. The maximum absolute atomic E-state index is 13.6. The van der Waals surface area contributed by atoms with E-state index in [9.17, 15) is 9.59 Å². The van der Waals surface area contributed by atoms with Gasteiger partial charge in [0.1, 0.15) is 5.78 Å². The van der Waals surface area contributed by atoms with E-state index in [2.05, 4.69) is 129 Å². The van der Waals surface area contributed by atoms with Gasteiger partial charge in [0.2, 0.25) is 0 Å². The number of carbonyl (C=O) groups is 2. The molecule has 2 aromatic rings. The van der Waals surface area contributed by atoms with Gasteiger partial charge in [-0.1, -0.05) is 96.2 Å². The predicted molar refractivity (Wildman–Crippen MR) is 204 cm³/mol. The molecule has 4 atom stereocenters. The van der Waals surface area contributed by atoms with E-state index in [4.69, 9.17) is 14.0 Å². The fraction of sp³-hybridized carbons (Fsp3) is 0.622. The summed E-state index contributed by atoms with van der Waals surface area (Å²) in [6.45, 7) is 24.9. The molecule has 1 saturated carbocycles. The quantitative estimate of drug-likeness (QED) is 0.113. The van der Waals surface area contributed by atoms with Crippen LogP contribution in [-0.2, 0) is 24.9 Å². The molecule has 2 aromatic carbocycles. The van der Waals surface area contributed by atoms with Crippen LogP contribution >= 0.6 is 23.5 Å². The number of hydrogen-bond donors (Lipinski definition) is 1. The third-order valence-corrected chi connectivity index (χ3v) is 21.6. The Morgan fingerprint density at radius 3 is 2.17 bits per heavy atom. The summed E-state index contributed by atoms with van der Waals surface area (Å²) in [6, 6.07) is 15.2. The smallest absolute Gasteiger partial charge is 0.313 e. The number of carboxylic acid groups (broad SMARTS) is 1. The highest BCUT2D eigenvalue weighted by atomic mass is 32.2. The van der Waals surface area contributed by atoms with Gasteiger partial charge in [0.25, 0.3) is 0 Å². The van der Waals surface area contributed by atoms with Crippen LogP contribution in [0.4, 0.5) is 0 Å². The minimum Gasteiger partial charge on any atom is -0.481 e. The topological polar surface area (TPSA) is 72.8 Å². The number of thioether (sulfide) groups is 2. The van der Waals surface area contributed by atoms with E-state index in [0.29, 0.717) is 6.42 Å². The van der Waals surface area contributed by atoms with Crippen molar-refractivity contribution in [1.29, 1.82) is 0 Å². The number of benzene rings is 2. The first-order valence-electron chi connectivity index (χ1n) is 16.6. The lowest BCUT2D eigenvalue weighted by Crippen LogP contribution is -2.49. The average molecular weight is 703 g/mol. The molecule has 5 nitrogen and oxygen atoms in total. The van der Waals surface area contributed by atoms with Gasteiger partial charge >= 0.3 is 5.97 Å². The van der Waals surface area contributed by atoms with Crippen LogP contribution in [0, 0.1) is 5.92 Å². The van der Waals surface area contributed by atoms with Crippen LogP contribution in [0.25, 0.3) is 10.8 Å². The Bertz CT molecular complexity index is 1380. The lowest BCUT2D eigenvalue weighted by Gasteiger charge is -2.43. The predicted octanol–water partition coefficient (Wildman–Crippen LogP) is 10.0. The van der Waals surface area contributed by atoms with Gasteiger partial charge in [0.05, 0.1) is 22.7 Å². The molecule has 0 saturated heterocycles. The minimum absolute atomic E-state index is 0.0347. The zero-order valence-electron chi connectivity index (χ0n) is 30.1. The van der Waals surface area contributed by atoms with Crippen molar-refractivity contribution in [3.05, 3.63) is 60.2 Å². The maximum Gasteiger partial charge on any atom is 0.313 e. The Hall–Kier alpha value is -1.37. The number of carboxylic acids is 1. The monoisotopic (exact) mass is 702 g/mol. The first-order chi connectivity index (χ1) is 21.1. The van der Waals surface area contributed by atoms with Crippen LogP contribution < -0.4 is 0 Å². The van der Waals surface area contributed by atoms with Crippen molar-refractivity contribution in [3.63, 3.8) is 0 Å². The Morgan fingerprint density at radius 1 is 0.935 bits per heavy atom. The zero-order chi connectivity index (χ0) is 34.6. The fourth-order valence-corrected chi connectivity index (χ4v) is 10.6. The Morgan fingerprint density at radius 2 is 1.57 bits per heavy atom. The lowest BCUT2D eigenvalue weighted by atomic mass is 9.92. The van der Waals surface area contributed by atoms with Crippen molar-refractivity contribution >= 4 is 62.7 Å². The largest absolute Gasteiger partial charge is 0.481 e. The van der Waals surface area contributed by atoms with Crippen LogP contribution in [0.5, 0.6) is 0 Å². The molecule has 0 aromatic heterocycles. The first-order valence-corrected chi connectivity index (χ1v) is 24.7. The number of Topliss-reactive ketones (excluding diaryl/α,β-unsaturated/α-hetero) is 1. The molecular weight excluding hydrogens is 645 g/mol. The molecule has 0 bridgehead atoms. The molecule has 3 rings (SSSR count). The lowest BCUT2D eigenvalue weighted by molar-refractivity contribution is -0.133. The van der Waals surface area contributed by atoms with Crippen LogP contribution in [0.2, 0.25) is 36.3 Å². The summed E-state index contributed by atoms with van der Waals surface area (Å²) >= 11 is 3.15. The zero-order valence-corrected chi connectivity index (χ0v) is 33.7. The molecule has 0 heterocycles. The molecule has 1 N–H and O–H groups in total. The molecule has 1 unspecified atom stereocenters. The van der Waals surface area contributed by atoms with Gasteiger partial charge in [-0.3, -0.25) is 9.59 Å². The van der Waals surface area contributed by atoms with Crippen molar-refractivity contribution in [2.24, 2.45) is 5.92 Å². The van der Waals surface area contributed by atoms with E-state index >= 15 is 0 Å². The summed E-state index contributed by atoms with van der Waals surface area (Å²) < 4.78 is 14.2. The second kappa shape index (κ2) is 15.5. The van der Waals surface area contributed by atoms with Crippen LogP contribution in [0.15, 0.2) is 54.6 Å². The van der Waals surface area contributed by atoms with E-state index in [-0.39, 0.29) is 38.9 Å². The molecule has 0 amide bonds. The van der Waals surface area contributed by atoms with Gasteiger partial charge in [-0.2, -0.15) is 11.8 Å². The highest BCUT2D eigenvalue weighted by Gasteiger charge is 2.48. The number of carbonyl (C=O) groups excluding carboxylic acids is 1. The first kappa shape index (κ1) is 39.1. The molecule has 1 aliphatic rings. The van der Waals surface area contributed by atoms with Crippen molar-refractivity contribution in [3.8, 4) is 0 Å². The number of aliphatic carboxylic acids is 1. The molecule has 0 aliphatic heterocycles. The second-order valence-corrected chi connectivity index (χ2v) is 28.0. The van der Waals surface area contributed by atoms with E-state index in [0.717, 1.165) is 24.3 Å². The van der Waals surface area contributed by atoms with Gasteiger partial charge < -0.3 is 14.0 Å². The molecule has 256 valence electrons. The maximum atomic E-state index is 13.6. The van der Waals surface area contributed by atoms with E-state index in [1.54, 1.807) is 11.8 Å². The standard InChI is InChI=1S/C37H58O5S2Si2/c1-35(2,3)45(8,9)41-32-24-31(38)34(44-22-14-21-43-26-33(39)40)30(32)19-20-37(7,42-46(10,11)36(4,5)6)25-27-17-18-28-15-12-13-16-29(28)23-27/h12-13,15-20,23,30,32,34H,14,21-22,24-26H2,1-11H3,(H,39,40)/b20-19+/t30-,32+,34+,37?/m0/s1. The normalized spacial score (nSPS) is 21.3. The average Bonchev–Trinajstić information content (AvgIpc) is 3.20. The summed E-state index contributed by atoms with van der Waals surface area (Å²) in [7, 11) is -4.30. The SMILES string of the molecule is CC(/C=C/[C@H]1[C@H](O[Si](C)(C)C(C)(C)C)CC(=O)[C@@H]1SCCCSCC(=O)O)(Cc1ccc2ccccc2c1)O[Si](C)(C)C(C)(C)C. The van der Waals surface area contributed by atoms with Gasteiger partial charge in [-0.15, -0.1) is 11.8 Å². The number of rotatable bonds is 15. The molecule has 1 fully saturated rings.